The summed E-state index contributed by atoms with van der Waals surface area (Å²) in [6.45, 7) is 4.28. The Hall–Kier alpha value is -1.56. The van der Waals surface area contributed by atoms with Crippen LogP contribution in [-0.4, -0.2) is 0 Å². The highest BCUT2D eigenvalue weighted by Crippen LogP contribution is 2.20. The molecule has 15 heavy (non-hydrogen) atoms. The van der Waals surface area contributed by atoms with Crippen LogP contribution in [0.5, 0.6) is 0 Å². The predicted molar refractivity (Wildman–Crippen MR) is 67.1 cm³/mol. The van der Waals surface area contributed by atoms with E-state index in [9.17, 15) is 0 Å². The van der Waals surface area contributed by atoms with Gasteiger partial charge in [0, 0.05) is 0 Å². The lowest BCUT2D eigenvalue weighted by molar-refractivity contribution is 1.15. The van der Waals surface area contributed by atoms with E-state index in [1.54, 1.807) is 0 Å². The van der Waals surface area contributed by atoms with Gasteiger partial charge in [0.25, 0.3) is 0 Å². The summed E-state index contributed by atoms with van der Waals surface area (Å²) in [7, 11) is 0. The molecule has 0 unspecified atom stereocenters. The third-order valence-corrected chi connectivity index (χ3v) is 2.84. The Bertz CT molecular complexity index is 487. The summed E-state index contributed by atoms with van der Waals surface area (Å²) in [5.41, 5.74) is 2.84. The van der Waals surface area contributed by atoms with E-state index in [0.717, 1.165) is 6.42 Å². The quantitative estimate of drug-likeness (QED) is 0.626. The molecule has 0 bridgehead atoms. The lowest BCUT2D eigenvalue weighted by Gasteiger charge is -2.06. The van der Waals surface area contributed by atoms with E-state index in [2.05, 4.69) is 62.4 Å². The van der Waals surface area contributed by atoms with Crippen molar-refractivity contribution in [1.29, 1.82) is 0 Å². The standard InChI is InChI=1S/C15H16/c1-3-12(2)11-14-9-6-8-13-7-4-5-10-15(13)14/h3-10H,11H2,1-2H3. The summed E-state index contributed by atoms with van der Waals surface area (Å²) >= 11 is 0. The van der Waals surface area contributed by atoms with Gasteiger partial charge in [0.15, 0.2) is 0 Å². The highest BCUT2D eigenvalue weighted by molar-refractivity contribution is 5.85. The van der Waals surface area contributed by atoms with Gasteiger partial charge in [0.1, 0.15) is 0 Å². The molecule has 0 fully saturated rings. The van der Waals surface area contributed by atoms with Crippen LogP contribution in [0, 0.1) is 0 Å². The van der Waals surface area contributed by atoms with Crippen molar-refractivity contribution in [2.24, 2.45) is 0 Å². The zero-order valence-corrected chi connectivity index (χ0v) is 9.33. The smallest absolute Gasteiger partial charge is 0.00638 e. The van der Waals surface area contributed by atoms with Crippen molar-refractivity contribution in [2.45, 2.75) is 20.3 Å². The molecule has 0 aliphatic heterocycles. The molecule has 0 spiro atoms. The van der Waals surface area contributed by atoms with E-state index >= 15 is 0 Å². The van der Waals surface area contributed by atoms with Crippen molar-refractivity contribution in [3.8, 4) is 0 Å². The minimum absolute atomic E-state index is 1.05. The monoisotopic (exact) mass is 196 g/mol. The maximum Gasteiger partial charge on any atom is -0.00638 e. The molecule has 0 aromatic heterocycles. The van der Waals surface area contributed by atoms with Crippen LogP contribution in [0.15, 0.2) is 54.1 Å². The molecular weight excluding hydrogens is 180 g/mol. The molecule has 76 valence electrons. The highest BCUT2D eigenvalue weighted by Gasteiger charge is 1.99. The fraction of sp³-hybridized carbons (Fsp3) is 0.200. The number of allylic oxidation sites excluding steroid dienone is 2. The molecule has 0 amide bonds. The molecule has 0 aliphatic rings. The first-order chi connectivity index (χ1) is 7.31. The van der Waals surface area contributed by atoms with Crippen LogP contribution in [-0.2, 0) is 6.42 Å². The number of fused-ring (bicyclic) bond motifs is 1. The van der Waals surface area contributed by atoms with Crippen LogP contribution < -0.4 is 0 Å². The van der Waals surface area contributed by atoms with Crippen LogP contribution >= 0.6 is 0 Å². The van der Waals surface area contributed by atoms with Gasteiger partial charge in [-0.3, -0.25) is 0 Å². The van der Waals surface area contributed by atoms with Crippen molar-refractivity contribution in [2.75, 3.05) is 0 Å². The van der Waals surface area contributed by atoms with Gasteiger partial charge in [-0.2, -0.15) is 0 Å². The second-order valence-electron chi connectivity index (χ2n) is 3.95. The molecule has 2 aromatic rings. The number of benzene rings is 2. The Balaban J connectivity index is 2.51. The summed E-state index contributed by atoms with van der Waals surface area (Å²) in [4.78, 5) is 0. The van der Waals surface area contributed by atoms with Gasteiger partial charge in [0.2, 0.25) is 0 Å². The predicted octanol–water partition coefficient (Wildman–Crippen LogP) is 4.35. The second-order valence-corrected chi connectivity index (χ2v) is 3.95. The molecular formula is C15H16. The van der Waals surface area contributed by atoms with Gasteiger partial charge >= 0.3 is 0 Å². The number of rotatable bonds is 2. The minimum atomic E-state index is 1.05. The Kier molecular flexibility index (Phi) is 2.86. The summed E-state index contributed by atoms with van der Waals surface area (Å²) < 4.78 is 0. The van der Waals surface area contributed by atoms with Gasteiger partial charge in [-0.1, -0.05) is 54.1 Å². The van der Waals surface area contributed by atoms with Crippen LogP contribution in [0.25, 0.3) is 10.8 Å². The molecule has 0 heterocycles. The highest BCUT2D eigenvalue weighted by atomic mass is 14.0. The van der Waals surface area contributed by atoms with E-state index in [1.165, 1.54) is 21.9 Å². The molecule has 0 radical (unpaired) electrons. The molecule has 2 rings (SSSR count). The van der Waals surface area contributed by atoms with E-state index in [1.807, 2.05) is 0 Å². The minimum Gasteiger partial charge on any atom is -0.0884 e. The Morgan fingerprint density at radius 1 is 1.07 bits per heavy atom. The summed E-state index contributed by atoms with van der Waals surface area (Å²) in [6.07, 6.45) is 3.24. The van der Waals surface area contributed by atoms with E-state index in [0.29, 0.717) is 0 Å². The lowest BCUT2D eigenvalue weighted by Crippen LogP contribution is -1.88. The fourth-order valence-corrected chi connectivity index (χ4v) is 1.85. The summed E-state index contributed by atoms with van der Waals surface area (Å²) in [6, 6.07) is 15.1. The van der Waals surface area contributed by atoms with Crippen LogP contribution in [0.3, 0.4) is 0 Å². The van der Waals surface area contributed by atoms with Gasteiger partial charge < -0.3 is 0 Å². The third kappa shape index (κ3) is 2.10. The maximum absolute atomic E-state index is 2.22. The van der Waals surface area contributed by atoms with E-state index < -0.39 is 0 Å². The maximum atomic E-state index is 2.22. The number of hydrogen-bond donors (Lipinski definition) is 0. The summed E-state index contributed by atoms with van der Waals surface area (Å²) in [5, 5.41) is 2.71. The van der Waals surface area contributed by atoms with Crippen molar-refractivity contribution in [3.05, 3.63) is 59.7 Å². The fourth-order valence-electron chi connectivity index (χ4n) is 1.85. The zero-order chi connectivity index (χ0) is 10.7. The first-order valence-electron chi connectivity index (χ1n) is 5.39. The first-order valence-corrected chi connectivity index (χ1v) is 5.39. The number of hydrogen-bond acceptors (Lipinski definition) is 0. The van der Waals surface area contributed by atoms with Gasteiger partial charge in [-0.15, -0.1) is 0 Å². The average molecular weight is 196 g/mol. The van der Waals surface area contributed by atoms with Crippen molar-refractivity contribution in [3.63, 3.8) is 0 Å². The first kappa shape index (κ1) is 9.97. The van der Waals surface area contributed by atoms with Gasteiger partial charge in [-0.05, 0) is 36.6 Å². The molecule has 2 aromatic carbocycles. The van der Waals surface area contributed by atoms with Gasteiger partial charge in [-0.25, -0.2) is 0 Å². The molecule has 0 N–H and O–H groups in total. The molecule has 0 nitrogen and oxygen atoms in total. The average Bonchev–Trinajstić information content (AvgIpc) is 2.29. The summed E-state index contributed by atoms with van der Waals surface area (Å²) in [5.74, 6) is 0. The Morgan fingerprint density at radius 3 is 2.60 bits per heavy atom. The third-order valence-electron chi connectivity index (χ3n) is 2.84. The second kappa shape index (κ2) is 4.31. The topological polar surface area (TPSA) is 0 Å². The zero-order valence-electron chi connectivity index (χ0n) is 9.33. The lowest BCUT2D eigenvalue weighted by atomic mass is 9.99. The normalized spacial score (nSPS) is 12.0. The van der Waals surface area contributed by atoms with Gasteiger partial charge in [0.05, 0.1) is 0 Å². The van der Waals surface area contributed by atoms with Crippen molar-refractivity contribution >= 4 is 10.8 Å². The van der Waals surface area contributed by atoms with Crippen LogP contribution in [0.1, 0.15) is 19.4 Å². The molecule has 0 atom stereocenters. The molecule has 0 saturated heterocycles. The Morgan fingerprint density at radius 2 is 1.80 bits per heavy atom. The molecule has 0 heteroatoms. The van der Waals surface area contributed by atoms with Crippen LogP contribution in [0.4, 0.5) is 0 Å². The largest absolute Gasteiger partial charge is 0.0884 e. The Labute approximate surface area is 91.2 Å². The molecule has 0 saturated carbocycles. The van der Waals surface area contributed by atoms with Crippen molar-refractivity contribution in [1.82, 2.24) is 0 Å². The molecule has 0 aliphatic carbocycles. The SMILES string of the molecule is CC=C(C)Cc1cccc2ccccc12. The van der Waals surface area contributed by atoms with Crippen molar-refractivity contribution < 1.29 is 0 Å². The van der Waals surface area contributed by atoms with E-state index in [-0.39, 0.29) is 0 Å². The van der Waals surface area contributed by atoms with E-state index in [4.69, 9.17) is 0 Å². The van der Waals surface area contributed by atoms with Crippen LogP contribution in [0.2, 0.25) is 0 Å².